The van der Waals surface area contributed by atoms with Crippen LogP contribution in [0.25, 0.3) is 0 Å². The zero-order valence-corrected chi connectivity index (χ0v) is 11.9. The molecule has 1 aliphatic heterocycles. The first-order valence-electron chi connectivity index (χ1n) is 6.56. The molecule has 1 heterocycles. The highest BCUT2D eigenvalue weighted by molar-refractivity contribution is 6.08. The van der Waals surface area contributed by atoms with E-state index in [-0.39, 0.29) is 24.2 Å². The van der Waals surface area contributed by atoms with Gasteiger partial charge in [0.05, 0.1) is 6.42 Å². The number of para-hydroxylation sites is 1. The average Bonchev–Trinajstić information content (AvgIpc) is 2.78. The van der Waals surface area contributed by atoms with Crippen LogP contribution in [0.3, 0.4) is 0 Å². The van der Waals surface area contributed by atoms with Crippen LogP contribution in [0.5, 0.6) is 0 Å². The van der Waals surface area contributed by atoms with E-state index in [0.717, 1.165) is 5.71 Å². The van der Waals surface area contributed by atoms with Crippen molar-refractivity contribution in [2.24, 2.45) is 10.2 Å². The highest BCUT2D eigenvalue weighted by Crippen LogP contribution is 2.07. The Morgan fingerprint density at radius 2 is 2.00 bits per heavy atom. The molecular weight excluding hydrogens is 270 g/mol. The number of nitrogens with zero attached hydrogens (tertiary/aromatic N) is 2. The summed E-state index contributed by atoms with van der Waals surface area (Å²) in [7, 11) is 0. The van der Waals surface area contributed by atoms with Crippen molar-refractivity contribution >= 4 is 29.2 Å². The van der Waals surface area contributed by atoms with Gasteiger partial charge in [-0.3, -0.25) is 14.9 Å². The summed E-state index contributed by atoms with van der Waals surface area (Å²) in [6.45, 7) is 3.59. The topological polar surface area (TPSA) is 95.0 Å². The highest BCUT2D eigenvalue weighted by Gasteiger charge is 2.30. The van der Waals surface area contributed by atoms with Gasteiger partial charge in [-0.05, 0) is 26.0 Å². The molecule has 1 atom stereocenters. The highest BCUT2D eigenvalue weighted by atomic mass is 16.2. The molecule has 0 saturated carbocycles. The van der Waals surface area contributed by atoms with Crippen LogP contribution in [0.4, 0.5) is 5.69 Å². The maximum atomic E-state index is 11.9. The maximum absolute atomic E-state index is 11.9. The Morgan fingerprint density at radius 1 is 1.29 bits per heavy atom. The lowest BCUT2D eigenvalue weighted by molar-refractivity contribution is -0.124. The number of guanidine groups is 1. The number of benzene rings is 1. The van der Waals surface area contributed by atoms with Gasteiger partial charge < -0.3 is 10.6 Å². The van der Waals surface area contributed by atoms with Crippen LogP contribution in [-0.2, 0) is 9.59 Å². The van der Waals surface area contributed by atoms with Crippen LogP contribution in [0, 0.1) is 0 Å². The van der Waals surface area contributed by atoms with Gasteiger partial charge in [-0.2, -0.15) is 5.10 Å². The van der Waals surface area contributed by atoms with Gasteiger partial charge in [-0.15, -0.1) is 5.10 Å². The van der Waals surface area contributed by atoms with Gasteiger partial charge in [0.25, 0.3) is 0 Å². The van der Waals surface area contributed by atoms with E-state index in [4.69, 9.17) is 0 Å². The lowest BCUT2D eigenvalue weighted by Gasteiger charge is -2.08. The van der Waals surface area contributed by atoms with Crippen LogP contribution in [0.1, 0.15) is 20.3 Å². The molecule has 0 radical (unpaired) electrons. The third kappa shape index (κ3) is 4.41. The minimum atomic E-state index is -0.639. The predicted octanol–water partition coefficient (Wildman–Crippen LogP) is 0.855. The molecule has 0 spiro atoms. The minimum absolute atomic E-state index is 0.0224. The Morgan fingerprint density at radius 3 is 2.67 bits per heavy atom. The summed E-state index contributed by atoms with van der Waals surface area (Å²) >= 11 is 0. The smallest absolute Gasteiger partial charge is 0.249 e. The average molecular weight is 287 g/mol. The largest absolute Gasteiger partial charge is 0.342 e. The monoisotopic (exact) mass is 287 g/mol. The number of carbonyl (C=O) groups is 2. The van der Waals surface area contributed by atoms with Crippen molar-refractivity contribution in [3.8, 4) is 0 Å². The Bertz CT molecular complexity index is 591. The molecule has 2 amide bonds. The fourth-order valence-corrected chi connectivity index (χ4v) is 1.74. The second kappa shape index (κ2) is 6.65. The standard InChI is InChI=1S/C14H17N5O2/c1-9(2)18-19-14-16-11(13(21)17-14)8-12(20)15-10-6-4-3-5-7-10/h3-7,11H,8H2,1-2H3,(H,15,20)(H2,16,17,19,21). The second-order valence-corrected chi connectivity index (χ2v) is 4.80. The molecule has 1 aliphatic rings. The minimum Gasteiger partial charge on any atom is -0.342 e. The molecule has 7 heteroatoms. The number of nitrogens with one attached hydrogen (secondary N) is 3. The SMILES string of the molecule is CC(C)=N/N=C1\NC(=O)C(CC(=O)Nc2ccccc2)N1. The van der Waals surface area contributed by atoms with E-state index in [1.54, 1.807) is 26.0 Å². The molecule has 0 bridgehead atoms. The number of anilines is 1. The van der Waals surface area contributed by atoms with Crippen molar-refractivity contribution in [2.45, 2.75) is 26.3 Å². The van der Waals surface area contributed by atoms with Crippen molar-refractivity contribution in [2.75, 3.05) is 5.32 Å². The molecule has 1 aromatic carbocycles. The third-order valence-corrected chi connectivity index (χ3v) is 2.67. The molecule has 3 N–H and O–H groups in total. The molecule has 21 heavy (non-hydrogen) atoms. The number of carbonyl (C=O) groups excluding carboxylic acids is 2. The van der Waals surface area contributed by atoms with Crippen LogP contribution in [0.15, 0.2) is 40.5 Å². The second-order valence-electron chi connectivity index (χ2n) is 4.80. The van der Waals surface area contributed by atoms with Crippen LogP contribution >= 0.6 is 0 Å². The molecule has 1 fully saturated rings. The van der Waals surface area contributed by atoms with Gasteiger partial charge in [0.1, 0.15) is 6.04 Å². The molecule has 0 aromatic heterocycles. The van der Waals surface area contributed by atoms with E-state index >= 15 is 0 Å². The zero-order valence-electron chi connectivity index (χ0n) is 11.9. The van der Waals surface area contributed by atoms with E-state index < -0.39 is 6.04 Å². The van der Waals surface area contributed by atoms with E-state index in [2.05, 4.69) is 26.2 Å². The quantitative estimate of drug-likeness (QED) is 0.566. The first-order valence-corrected chi connectivity index (χ1v) is 6.56. The summed E-state index contributed by atoms with van der Waals surface area (Å²) in [4.78, 5) is 23.6. The molecule has 1 saturated heterocycles. The Balaban J connectivity index is 1.91. The molecule has 2 rings (SSSR count). The van der Waals surface area contributed by atoms with E-state index in [1.807, 2.05) is 18.2 Å². The first-order chi connectivity index (χ1) is 10.0. The van der Waals surface area contributed by atoms with Crippen LogP contribution in [-0.4, -0.2) is 29.5 Å². The third-order valence-electron chi connectivity index (χ3n) is 2.67. The molecule has 1 unspecified atom stereocenters. The number of amides is 2. The number of hydrogen-bond donors (Lipinski definition) is 3. The molecule has 1 aromatic rings. The number of rotatable bonds is 4. The lowest BCUT2D eigenvalue weighted by atomic mass is 10.2. The summed E-state index contributed by atoms with van der Waals surface area (Å²) in [5.74, 6) is -0.273. The van der Waals surface area contributed by atoms with Crippen molar-refractivity contribution in [1.82, 2.24) is 10.6 Å². The number of hydrogen-bond acceptors (Lipinski definition) is 4. The van der Waals surface area contributed by atoms with Gasteiger partial charge in [0, 0.05) is 11.4 Å². The Labute approximate surface area is 122 Å². The van der Waals surface area contributed by atoms with E-state index in [0.29, 0.717) is 5.69 Å². The summed E-state index contributed by atoms with van der Waals surface area (Å²) in [5, 5.41) is 15.8. The van der Waals surface area contributed by atoms with Crippen molar-refractivity contribution in [3.05, 3.63) is 30.3 Å². The molecular formula is C14H17N5O2. The van der Waals surface area contributed by atoms with Crippen molar-refractivity contribution in [3.63, 3.8) is 0 Å². The lowest BCUT2D eigenvalue weighted by Crippen LogP contribution is -2.33. The van der Waals surface area contributed by atoms with E-state index in [1.165, 1.54) is 0 Å². The van der Waals surface area contributed by atoms with Crippen molar-refractivity contribution in [1.29, 1.82) is 0 Å². The molecule has 7 nitrogen and oxygen atoms in total. The summed E-state index contributed by atoms with van der Waals surface area (Å²) in [5.41, 5.74) is 1.46. The van der Waals surface area contributed by atoms with Crippen LogP contribution in [0.2, 0.25) is 0 Å². The zero-order chi connectivity index (χ0) is 15.2. The van der Waals surface area contributed by atoms with Gasteiger partial charge in [0.15, 0.2) is 0 Å². The Kier molecular flexibility index (Phi) is 4.65. The molecule has 110 valence electrons. The van der Waals surface area contributed by atoms with E-state index in [9.17, 15) is 9.59 Å². The summed E-state index contributed by atoms with van der Waals surface area (Å²) < 4.78 is 0. The fourth-order valence-electron chi connectivity index (χ4n) is 1.74. The maximum Gasteiger partial charge on any atom is 0.249 e. The predicted molar refractivity (Wildman–Crippen MR) is 81.0 cm³/mol. The van der Waals surface area contributed by atoms with Gasteiger partial charge in [0.2, 0.25) is 17.8 Å². The summed E-state index contributed by atoms with van der Waals surface area (Å²) in [6.07, 6.45) is 0.0224. The van der Waals surface area contributed by atoms with Gasteiger partial charge in [-0.1, -0.05) is 18.2 Å². The first kappa shape index (κ1) is 14.7. The Hall–Kier alpha value is -2.70. The fraction of sp³-hybridized carbons (Fsp3) is 0.286. The molecule has 0 aliphatic carbocycles. The van der Waals surface area contributed by atoms with Gasteiger partial charge >= 0.3 is 0 Å². The van der Waals surface area contributed by atoms with Crippen molar-refractivity contribution < 1.29 is 9.59 Å². The van der Waals surface area contributed by atoms with Gasteiger partial charge in [-0.25, -0.2) is 0 Å². The summed E-state index contributed by atoms with van der Waals surface area (Å²) in [6, 6.07) is 8.44. The normalized spacial score (nSPS) is 18.9. The van der Waals surface area contributed by atoms with Crippen LogP contribution < -0.4 is 16.0 Å².